The number of imide groups is 1. The molecule has 1 heterocycles. The number of nitrogens with one attached hydrogen (secondary N) is 3. The smallest absolute Gasteiger partial charge is 0.326 e. The molecule has 27 heavy (non-hydrogen) atoms. The predicted octanol–water partition coefficient (Wildman–Crippen LogP) is 1.36. The van der Waals surface area contributed by atoms with Crippen molar-refractivity contribution in [3.63, 3.8) is 0 Å². The molecule has 3 amide bonds. The molecule has 3 N–H and O–H groups in total. The molecule has 6 heteroatoms. The van der Waals surface area contributed by atoms with E-state index in [-0.39, 0.29) is 5.91 Å². The molecule has 0 aromatic heterocycles. The van der Waals surface area contributed by atoms with E-state index in [1.165, 1.54) is 10.6 Å². The molecular weight excluding hydrogens is 340 g/mol. The van der Waals surface area contributed by atoms with Crippen molar-refractivity contribution < 1.29 is 14.5 Å². The van der Waals surface area contributed by atoms with Gasteiger partial charge in [-0.05, 0) is 37.6 Å². The van der Waals surface area contributed by atoms with Crippen molar-refractivity contribution in [3.05, 3.63) is 59.7 Å². The van der Waals surface area contributed by atoms with Gasteiger partial charge in [0.05, 0.1) is 26.2 Å². The van der Waals surface area contributed by atoms with Crippen LogP contribution in [0.2, 0.25) is 0 Å². The van der Waals surface area contributed by atoms with Gasteiger partial charge in [0.15, 0.2) is 6.54 Å². The maximum absolute atomic E-state index is 12.2. The molecule has 0 aliphatic carbocycles. The lowest BCUT2D eigenvalue weighted by atomic mass is 10.1. The maximum Gasteiger partial charge on any atom is 0.326 e. The fourth-order valence-electron chi connectivity index (χ4n) is 3.40. The van der Waals surface area contributed by atoms with Crippen molar-refractivity contribution in [3.8, 4) is 0 Å². The highest BCUT2D eigenvalue weighted by molar-refractivity contribution is 6.01. The first-order valence-corrected chi connectivity index (χ1v) is 9.33. The third-order valence-electron chi connectivity index (χ3n) is 4.89. The first-order valence-electron chi connectivity index (χ1n) is 9.33. The van der Waals surface area contributed by atoms with Crippen LogP contribution in [0.1, 0.15) is 11.1 Å². The van der Waals surface area contributed by atoms with E-state index in [2.05, 4.69) is 27.7 Å². The SMILES string of the molecule is Cc1ccc(NC(=O)NC(=O)C[NH+]2CCN(c3ccccc3)CC2)c(C)c1. The molecule has 0 atom stereocenters. The Kier molecular flexibility index (Phi) is 6.08. The van der Waals surface area contributed by atoms with E-state index in [4.69, 9.17) is 0 Å². The summed E-state index contributed by atoms with van der Waals surface area (Å²) in [5.74, 6) is -0.250. The Morgan fingerprint density at radius 1 is 1.04 bits per heavy atom. The van der Waals surface area contributed by atoms with Gasteiger partial charge in [-0.15, -0.1) is 0 Å². The van der Waals surface area contributed by atoms with Gasteiger partial charge in [0.25, 0.3) is 5.91 Å². The van der Waals surface area contributed by atoms with E-state index in [1.54, 1.807) is 0 Å². The van der Waals surface area contributed by atoms with Crippen LogP contribution in [0.5, 0.6) is 0 Å². The standard InChI is InChI=1S/C21H26N4O2/c1-16-8-9-19(17(2)14-16)22-21(27)23-20(26)15-24-10-12-25(13-11-24)18-6-4-3-5-7-18/h3-9,14H,10-13,15H2,1-2H3,(H2,22,23,26,27)/p+1. The molecular formula is C21H27N4O2+. The molecule has 142 valence electrons. The van der Waals surface area contributed by atoms with Crippen LogP contribution < -0.4 is 20.4 Å². The molecule has 1 saturated heterocycles. The largest absolute Gasteiger partial charge is 0.360 e. The number of benzene rings is 2. The number of hydrogen-bond donors (Lipinski definition) is 3. The third kappa shape index (κ3) is 5.31. The number of hydrogen-bond acceptors (Lipinski definition) is 3. The van der Waals surface area contributed by atoms with Gasteiger partial charge in [-0.3, -0.25) is 10.1 Å². The van der Waals surface area contributed by atoms with Gasteiger partial charge in [-0.2, -0.15) is 0 Å². The third-order valence-corrected chi connectivity index (χ3v) is 4.89. The number of piperazine rings is 1. The van der Waals surface area contributed by atoms with Crippen LogP contribution in [0.25, 0.3) is 0 Å². The number of amides is 3. The van der Waals surface area contributed by atoms with Crippen molar-refractivity contribution >= 4 is 23.3 Å². The summed E-state index contributed by atoms with van der Waals surface area (Å²) in [7, 11) is 0. The topological polar surface area (TPSA) is 65.9 Å². The molecule has 3 rings (SSSR count). The second-order valence-corrected chi connectivity index (χ2v) is 7.07. The monoisotopic (exact) mass is 367 g/mol. The van der Waals surface area contributed by atoms with E-state index in [0.717, 1.165) is 43.0 Å². The van der Waals surface area contributed by atoms with Crippen LogP contribution in [-0.2, 0) is 4.79 Å². The van der Waals surface area contributed by atoms with Gasteiger partial charge < -0.3 is 15.1 Å². The van der Waals surface area contributed by atoms with Gasteiger partial charge >= 0.3 is 6.03 Å². The van der Waals surface area contributed by atoms with Crippen LogP contribution in [-0.4, -0.2) is 44.7 Å². The number of rotatable bonds is 4. The minimum atomic E-state index is -0.478. The van der Waals surface area contributed by atoms with E-state index in [9.17, 15) is 9.59 Å². The Hall–Kier alpha value is -2.86. The van der Waals surface area contributed by atoms with Gasteiger partial charge in [0.2, 0.25) is 0 Å². The Bertz CT molecular complexity index is 799. The Morgan fingerprint density at radius 3 is 2.41 bits per heavy atom. The number of anilines is 2. The summed E-state index contributed by atoms with van der Waals surface area (Å²) in [6, 6.07) is 15.6. The van der Waals surface area contributed by atoms with Crippen molar-refractivity contribution in [2.24, 2.45) is 0 Å². The number of nitrogens with zero attached hydrogens (tertiary/aromatic N) is 1. The summed E-state index contributed by atoms with van der Waals surface area (Å²) in [4.78, 5) is 27.8. The Labute approximate surface area is 160 Å². The van der Waals surface area contributed by atoms with Gasteiger partial charge in [0.1, 0.15) is 0 Å². The lowest BCUT2D eigenvalue weighted by Crippen LogP contribution is -3.16. The molecule has 1 aliphatic heterocycles. The number of carbonyl (C=O) groups excluding carboxylic acids is 2. The van der Waals surface area contributed by atoms with E-state index in [0.29, 0.717) is 6.54 Å². The Balaban J connectivity index is 1.44. The summed E-state index contributed by atoms with van der Waals surface area (Å²) < 4.78 is 0. The minimum absolute atomic E-state index is 0.250. The molecule has 0 bridgehead atoms. The Morgan fingerprint density at radius 2 is 1.74 bits per heavy atom. The molecule has 1 fully saturated rings. The quantitative estimate of drug-likeness (QED) is 0.764. The zero-order chi connectivity index (χ0) is 19.2. The van der Waals surface area contributed by atoms with Gasteiger partial charge in [-0.1, -0.05) is 35.9 Å². The zero-order valence-electron chi connectivity index (χ0n) is 15.9. The average molecular weight is 367 g/mol. The molecule has 0 radical (unpaired) electrons. The summed E-state index contributed by atoms with van der Waals surface area (Å²) >= 11 is 0. The number of urea groups is 1. The molecule has 6 nitrogen and oxygen atoms in total. The summed E-state index contributed by atoms with van der Waals surface area (Å²) in [6.07, 6.45) is 0. The fourth-order valence-corrected chi connectivity index (χ4v) is 3.40. The first kappa shape index (κ1) is 18.9. The van der Waals surface area contributed by atoms with Crippen LogP contribution >= 0.6 is 0 Å². The predicted molar refractivity (Wildman–Crippen MR) is 107 cm³/mol. The highest BCUT2D eigenvalue weighted by Crippen LogP contribution is 2.15. The van der Waals surface area contributed by atoms with Crippen molar-refractivity contribution in [2.75, 3.05) is 42.9 Å². The highest BCUT2D eigenvalue weighted by Gasteiger charge is 2.23. The van der Waals surface area contributed by atoms with Crippen LogP contribution in [0.3, 0.4) is 0 Å². The minimum Gasteiger partial charge on any atom is -0.360 e. The van der Waals surface area contributed by atoms with Crippen molar-refractivity contribution in [1.82, 2.24) is 5.32 Å². The molecule has 2 aromatic carbocycles. The average Bonchev–Trinajstić information content (AvgIpc) is 2.65. The normalized spacial score (nSPS) is 14.7. The van der Waals surface area contributed by atoms with Crippen molar-refractivity contribution in [2.45, 2.75) is 13.8 Å². The van der Waals surface area contributed by atoms with E-state index in [1.807, 2.05) is 50.2 Å². The molecule has 2 aromatic rings. The van der Waals surface area contributed by atoms with Crippen LogP contribution in [0, 0.1) is 13.8 Å². The number of aryl methyl sites for hydroxylation is 2. The highest BCUT2D eigenvalue weighted by atomic mass is 16.2. The fraction of sp³-hybridized carbons (Fsp3) is 0.333. The van der Waals surface area contributed by atoms with Crippen LogP contribution in [0.15, 0.2) is 48.5 Å². The van der Waals surface area contributed by atoms with Gasteiger partial charge in [0, 0.05) is 11.4 Å². The maximum atomic E-state index is 12.2. The molecule has 0 spiro atoms. The second-order valence-electron chi connectivity index (χ2n) is 7.07. The van der Waals surface area contributed by atoms with Crippen LogP contribution in [0.4, 0.5) is 16.2 Å². The number of quaternary nitrogens is 1. The summed E-state index contributed by atoms with van der Waals surface area (Å²) in [5.41, 5.74) is 4.04. The first-order chi connectivity index (χ1) is 13.0. The zero-order valence-corrected chi connectivity index (χ0v) is 15.9. The second kappa shape index (κ2) is 8.68. The van der Waals surface area contributed by atoms with E-state index < -0.39 is 6.03 Å². The van der Waals surface area contributed by atoms with E-state index >= 15 is 0 Å². The van der Waals surface area contributed by atoms with Crippen molar-refractivity contribution in [1.29, 1.82) is 0 Å². The molecule has 0 saturated carbocycles. The lowest BCUT2D eigenvalue weighted by molar-refractivity contribution is -0.892. The summed E-state index contributed by atoms with van der Waals surface area (Å²) in [6.45, 7) is 7.80. The number of carbonyl (C=O) groups is 2. The molecule has 1 aliphatic rings. The number of para-hydroxylation sites is 1. The lowest BCUT2D eigenvalue weighted by Gasteiger charge is -2.33. The molecule has 0 unspecified atom stereocenters. The summed E-state index contributed by atoms with van der Waals surface area (Å²) in [5, 5.41) is 5.18. The van der Waals surface area contributed by atoms with Gasteiger partial charge in [-0.25, -0.2) is 4.79 Å².